The van der Waals surface area contributed by atoms with Crippen molar-refractivity contribution in [2.45, 2.75) is 13.2 Å². The Balaban J connectivity index is 2.13. The van der Waals surface area contributed by atoms with E-state index in [0.717, 1.165) is 22.2 Å². The molecule has 0 amide bonds. The molecule has 0 aliphatic rings. The van der Waals surface area contributed by atoms with Gasteiger partial charge in [-0.25, -0.2) is 4.39 Å². The summed E-state index contributed by atoms with van der Waals surface area (Å²) < 4.78 is 48.1. The highest BCUT2D eigenvalue weighted by Gasteiger charge is 2.14. The first-order chi connectivity index (χ1) is 9.95. The molecule has 0 aromatic heterocycles. The van der Waals surface area contributed by atoms with Crippen LogP contribution in [0, 0.1) is 5.82 Å². The molecular formula is C14H11BrF3NO2. The van der Waals surface area contributed by atoms with Gasteiger partial charge in [-0.3, -0.25) is 0 Å². The Morgan fingerprint density at radius 1 is 1.10 bits per heavy atom. The summed E-state index contributed by atoms with van der Waals surface area (Å²) in [5.74, 6) is -1.50. The van der Waals surface area contributed by atoms with Gasteiger partial charge in [-0.05, 0) is 17.7 Å². The quantitative estimate of drug-likeness (QED) is 0.805. The van der Waals surface area contributed by atoms with Crippen LogP contribution in [-0.4, -0.2) is 6.61 Å². The summed E-state index contributed by atoms with van der Waals surface area (Å²) in [5, 5.41) is 0. The van der Waals surface area contributed by atoms with Crippen LogP contribution in [0.1, 0.15) is 5.56 Å². The summed E-state index contributed by atoms with van der Waals surface area (Å²) in [5.41, 5.74) is 6.45. The number of anilines is 1. The normalized spacial score (nSPS) is 10.7. The van der Waals surface area contributed by atoms with Crippen LogP contribution >= 0.6 is 15.9 Å². The van der Waals surface area contributed by atoms with Crippen LogP contribution in [0.2, 0.25) is 0 Å². The molecule has 2 rings (SSSR count). The standard InChI is InChI=1S/C14H11BrF3NO2/c15-9-3-1-8(2-4-9)7-20-13-6-12(21-14(17)18)10(16)5-11(13)19/h1-6,14H,7,19H2. The fourth-order valence-electron chi connectivity index (χ4n) is 1.60. The van der Waals surface area contributed by atoms with E-state index < -0.39 is 18.2 Å². The van der Waals surface area contributed by atoms with Crippen molar-refractivity contribution < 1.29 is 22.6 Å². The maximum atomic E-state index is 13.4. The number of nitrogen functional groups attached to an aromatic ring is 1. The van der Waals surface area contributed by atoms with E-state index in [0.29, 0.717) is 0 Å². The lowest BCUT2D eigenvalue weighted by Crippen LogP contribution is -2.06. The third kappa shape index (κ3) is 4.29. The van der Waals surface area contributed by atoms with Gasteiger partial charge in [-0.15, -0.1) is 0 Å². The number of ether oxygens (including phenoxy) is 2. The van der Waals surface area contributed by atoms with Crippen LogP contribution < -0.4 is 15.2 Å². The average Bonchev–Trinajstić information content (AvgIpc) is 2.42. The lowest BCUT2D eigenvalue weighted by Gasteiger charge is -2.12. The van der Waals surface area contributed by atoms with Crippen molar-refractivity contribution in [1.29, 1.82) is 0 Å². The molecule has 0 heterocycles. The molecule has 0 unspecified atom stereocenters. The number of nitrogens with two attached hydrogens (primary N) is 1. The first kappa shape index (κ1) is 15.5. The smallest absolute Gasteiger partial charge is 0.387 e. The fraction of sp³-hybridized carbons (Fsp3) is 0.143. The van der Waals surface area contributed by atoms with Crippen LogP contribution in [0.5, 0.6) is 11.5 Å². The van der Waals surface area contributed by atoms with Crippen LogP contribution in [0.25, 0.3) is 0 Å². The van der Waals surface area contributed by atoms with Crippen LogP contribution in [0.15, 0.2) is 40.9 Å². The van der Waals surface area contributed by atoms with Gasteiger partial charge in [0, 0.05) is 16.6 Å². The minimum atomic E-state index is -3.12. The molecule has 0 saturated carbocycles. The molecule has 2 aromatic rings. The van der Waals surface area contributed by atoms with Gasteiger partial charge < -0.3 is 15.2 Å². The van der Waals surface area contributed by atoms with Gasteiger partial charge in [-0.2, -0.15) is 8.78 Å². The van der Waals surface area contributed by atoms with E-state index >= 15 is 0 Å². The first-order valence-electron chi connectivity index (χ1n) is 5.87. The van der Waals surface area contributed by atoms with E-state index in [1.165, 1.54) is 0 Å². The summed E-state index contributed by atoms with van der Waals surface area (Å²) >= 11 is 3.30. The van der Waals surface area contributed by atoms with E-state index in [9.17, 15) is 13.2 Å². The minimum absolute atomic E-state index is 0.00577. The van der Waals surface area contributed by atoms with Gasteiger partial charge >= 0.3 is 6.61 Å². The largest absolute Gasteiger partial charge is 0.487 e. The Kier molecular flexibility index (Phi) is 4.95. The highest BCUT2D eigenvalue weighted by molar-refractivity contribution is 9.10. The predicted molar refractivity (Wildman–Crippen MR) is 75.9 cm³/mol. The van der Waals surface area contributed by atoms with Gasteiger partial charge in [0.2, 0.25) is 0 Å². The van der Waals surface area contributed by atoms with Gasteiger partial charge in [0.25, 0.3) is 0 Å². The summed E-state index contributed by atoms with van der Waals surface area (Å²) in [7, 11) is 0. The highest BCUT2D eigenvalue weighted by Crippen LogP contribution is 2.31. The first-order valence-corrected chi connectivity index (χ1v) is 6.66. The lowest BCUT2D eigenvalue weighted by molar-refractivity contribution is -0.0522. The summed E-state index contributed by atoms with van der Waals surface area (Å²) in [6.07, 6.45) is 0. The monoisotopic (exact) mass is 361 g/mol. The third-order valence-corrected chi connectivity index (χ3v) is 3.12. The highest BCUT2D eigenvalue weighted by atomic mass is 79.9. The molecule has 0 aliphatic heterocycles. The van der Waals surface area contributed by atoms with Gasteiger partial charge in [0.1, 0.15) is 12.4 Å². The molecule has 0 bridgehead atoms. The van der Waals surface area contributed by atoms with Crippen LogP contribution in [0.3, 0.4) is 0 Å². The van der Waals surface area contributed by atoms with Gasteiger partial charge in [0.05, 0.1) is 5.69 Å². The molecule has 112 valence electrons. The zero-order valence-corrected chi connectivity index (χ0v) is 12.2. The molecule has 3 nitrogen and oxygen atoms in total. The second kappa shape index (κ2) is 6.71. The number of alkyl halides is 2. The summed E-state index contributed by atoms with van der Waals surface area (Å²) in [6, 6.07) is 9.20. The number of benzene rings is 2. The van der Waals surface area contributed by atoms with Crippen molar-refractivity contribution >= 4 is 21.6 Å². The van der Waals surface area contributed by atoms with Crippen molar-refractivity contribution in [2.24, 2.45) is 0 Å². The fourth-order valence-corrected chi connectivity index (χ4v) is 1.87. The van der Waals surface area contributed by atoms with E-state index in [-0.39, 0.29) is 18.0 Å². The van der Waals surface area contributed by atoms with Crippen molar-refractivity contribution in [3.8, 4) is 11.5 Å². The molecule has 7 heteroatoms. The average molecular weight is 362 g/mol. The predicted octanol–water partition coefficient (Wildman–Crippen LogP) is 4.35. The molecule has 21 heavy (non-hydrogen) atoms. The van der Waals surface area contributed by atoms with E-state index in [2.05, 4.69) is 20.7 Å². The molecule has 2 N–H and O–H groups in total. The number of hydrogen-bond acceptors (Lipinski definition) is 3. The Morgan fingerprint density at radius 3 is 2.38 bits per heavy atom. The summed E-state index contributed by atoms with van der Waals surface area (Å²) in [6.45, 7) is -2.96. The molecule has 0 spiro atoms. The second-order valence-electron chi connectivity index (χ2n) is 4.11. The topological polar surface area (TPSA) is 44.5 Å². The van der Waals surface area contributed by atoms with Crippen molar-refractivity contribution in [3.63, 3.8) is 0 Å². The zero-order chi connectivity index (χ0) is 15.4. The number of halogens is 4. The van der Waals surface area contributed by atoms with E-state index in [1.54, 1.807) is 0 Å². The maximum Gasteiger partial charge on any atom is 0.387 e. The summed E-state index contributed by atoms with van der Waals surface area (Å²) in [4.78, 5) is 0. The Labute approximate surface area is 127 Å². The van der Waals surface area contributed by atoms with Crippen LogP contribution in [-0.2, 0) is 6.61 Å². The van der Waals surface area contributed by atoms with Crippen LogP contribution in [0.4, 0.5) is 18.9 Å². The van der Waals surface area contributed by atoms with E-state index in [1.807, 2.05) is 24.3 Å². The zero-order valence-electron chi connectivity index (χ0n) is 10.7. The van der Waals surface area contributed by atoms with Crippen molar-refractivity contribution in [1.82, 2.24) is 0 Å². The van der Waals surface area contributed by atoms with E-state index in [4.69, 9.17) is 10.5 Å². The maximum absolute atomic E-state index is 13.4. The number of rotatable bonds is 5. The van der Waals surface area contributed by atoms with Crippen molar-refractivity contribution in [2.75, 3.05) is 5.73 Å². The molecule has 0 aliphatic carbocycles. The Bertz CT molecular complexity index is 620. The molecular weight excluding hydrogens is 351 g/mol. The van der Waals surface area contributed by atoms with Gasteiger partial charge in [-0.1, -0.05) is 28.1 Å². The minimum Gasteiger partial charge on any atom is -0.487 e. The second-order valence-corrected chi connectivity index (χ2v) is 5.03. The SMILES string of the molecule is Nc1cc(F)c(OC(F)F)cc1OCc1ccc(Br)cc1. The molecule has 0 radical (unpaired) electrons. The van der Waals surface area contributed by atoms with Crippen molar-refractivity contribution in [3.05, 3.63) is 52.3 Å². The Hall–Kier alpha value is -1.89. The lowest BCUT2D eigenvalue weighted by atomic mass is 10.2. The van der Waals surface area contributed by atoms with Gasteiger partial charge in [0.15, 0.2) is 11.6 Å². The number of hydrogen-bond donors (Lipinski definition) is 1. The molecule has 0 atom stereocenters. The molecule has 2 aromatic carbocycles. The molecule has 0 saturated heterocycles. The third-order valence-electron chi connectivity index (χ3n) is 2.59. The Morgan fingerprint density at radius 2 is 1.76 bits per heavy atom. The molecule has 0 fully saturated rings.